The summed E-state index contributed by atoms with van der Waals surface area (Å²) in [7, 11) is 0. The molecular formula is C26H32O3Sn. The van der Waals surface area contributed by atoms with Gasteiger partial charge in [-0.1, -0.05) is 0 Å². The molecule has 0 aliphatic rings. The van der Waals surface area contributed by atoms with E-state index in [9.17, 15) is 0 Å². The molecule has 0 amide bonds. The third-order valence-electron chi connectivity index (χ3n) is 4.89. The van der Waals surface area contributed by atoms with Gasteiger partial charge in [-0.05, 0) is 0 Å². The Morgan fingerprint density at radius 1 is 0.500 bits per heavy atom. The summed E-state index contributed by atoms with van der Waals surface area (Å²) in [4.78, 5) is 0. The maximum atomic E-state index is 6.60. The van der Waals surface area contributed by atoms with E-state index in [0.29, 0.717) is 0 Å². The number of unbranched alkanes of at least 4 members (excludes halogenated alkanes) is 5. The summed E-state index contributed by atoms with van der Waals surface area (Å²) in [5, 5.41) is 0. The Labute approximate surface area is 186 Å². The average Bonchev–Trinajstić information content (AvgIpc) is 2.78. The molecule has 0 fully saturated rings. The zero-order valence-electron chi connectivity index (χ0n) is 17.8. The molecule has 3 aromatic carbocycles. The summed E-state index contributed by atoms with van der Waals surface area (Å²) in [6.45, 7) is 2.25. The minimum absolute atomic E-state index is 0.811. The first-order chi connectivity index (χ1) is 14.8. The van der Waals surface area contributed by atoms with Crippen molar-refractivity contribution in [1.82, 2.24) is 0 Å². The zero-order valence-corrected chi connectivity index (χ0v) is 20.7. The predicted molar refractivity (Wildman–Crippen MR) is 125 cm³/mol. The topological polar surface area (TPSA) is 27.7 Å². The first kappa shape index (κ1) is 22.5. The minimum atomic E-state index is -4.03. The molecule has 0 saturated heterocycles. The summed E-state index contributed by atoms with van der Waals surface area (Å²) in [6.07, 6.45) is 7.32. The Kier molecular flexibility index (Phi) is 9.42. The van der Waals surface area contributed by atoms with Gasteiger partial charge in [0.25, 0.3) is 0 Å². The van der Waals surface area contributed by atoms with Crippen LogP contribution in [-0.2, 0) is 0 Å². The molecule has 0 bridgehead atoms. The Bertz CT molecular complexity index is 723. The van der Waals surface area contributed by atoms with Gasteiger partial charge in [0.05, 0.1) is 0 Å². The van der Waals surface area contributed by atoms with Gasteiger partial charge in [0, 0.05) is 0 Å². The molecule has 4 heteroatoms. The SMILES string of the molecule is CCCCCCC[CH2][Sn]([O]c1ccccc1)([O]c1ccccc1)[O]c1ccccc1. The van der Waals surface area contributed by atoms with E-state index in [2.05, 4.69) is 6.92 Å². The van der Waals surface area contributed by atoms with Crippen LogP contribution < -0.4 is 9.22 Å². The van der Waals surface area contributed by atoms with Crippen molar-refractivity contribution in [3.63, 3.8) is 0 Å². The van der Waals surface area contributed by atoms with Gasteiger partial charge in [-0.2, -0.15) is 0 Å². The van der Waals surface area contributed by atoms with Gasteiger partial charge in [0.15, 0.2) is 0 Å². The van der Waals surface area contributed by atoms with E-state index in [0.717, 1.165) is 28.1 Å². The molecule has 0 aliphatic heterocycles. The van der Waals surface area contributed by atoms with Crippen molar-refractivity contribution in [2.75, 3.05) is 0 Å². The molecule has 30 heavy (non-hydrogen) atoms. The van der Waals surface area contributed by atoms with Crippen molar-refractivity contribution in [1.29, 1.82) is 0 Å². The number of hydrogen-bond acceptors (Lipinski definition) is 3. The first-order valence-corrected chi connectivity index (χ1v) is 16.5. The molecule has 0 atom stereocenters. The van der Waals surface area contributed by atoms with Crippen LogP contribution in [0.3, 0.4) is 0 Å². The number of rotatable bonds is 13. The monoisotopic (exact) mass is 512 g/mol. The van der Waals surface area contributed by atoms with Crippen molar-refractivity contribution in [3.8, 4) is 17.2 Å². The molecule has 0 unspecified atom stereocenters. The van der Waals surface area contributed by atoms with Crippen LogP contribution in [0.5, 0.6) is 17.2 Å². The van der Waals surface area contributed by atoms with E-state index in [1.807, 2.05) is 91.0 Å². The van der Waals surface area contributed by atoms with Crippen molar-refractivity contribution in [3.05, 3.63) is 91.0 Å². The summed E-state index contributed by atoms with van der Waals surface area (Å²) >= 11 is -4.03. The fourth-order valence-electron chi connectivity index (χ4n) is 3.34. The van der Waals surface area contributed by atoms with E-state index in [-0.39, 0.29) is 0 Å². The quantitative estimate of drug-likeness (QED) is 0.176. The fourth-order valence-corrected chi connectivity index (χ4v) is 10.8. The second-order valence-corrected chi connectivity index (χ2v) is 14.5. The molecule has 0 radical (unpaired) electrons. The van der Waals surface area contributed by atoms with Crippen molar-refractivity contribution in [2.45, 2.75) is 49.9 Å². The standard InChI is InChI=1S/C8H17.3C6H6O.Sn/c1-3-5-7-8-6-4-2;3*7-6-4-2-1-3-5-6;/h1,3-8H2,2H3;3*1-5,7H;/q;;;;+3/p-3. The van der Waals surface area contributed by atoms with E-state index < -0.39 is 19.6 Å². The molecule has 0 heterocycles. The Balaban J connectivity index is 1.82. The normalized spacial score (nSPS) is 11.1. The molecule has 3 rings (SSSR count). The van der Waals surface area contributed by atoms with E-state index >= 15 is 0 Å². The van der Waals surface area contributed by atoms with Gasteiger partial charge in [0.2, 0.25) is 0 Å². The Morgan fingerprint density at radius 2 is 0.867 bits per heavy atom. The third-order valence-corrected chi connectivity index (χ3v) is 12.3. The van der Waals surface area contributed by atoms with Crippen molar-refractivity contribution in [2.24, 2.45) is 0 Å². The average molecular weight is 511 g/mol. The van der Waals surface area contributed by atoms with Crippen LogP contribution in [0, 0.1) is 0 Å². The molecule has 158 valence electrons. The van der Waals surface area contributed by atoms with Crippen LogP contribution in [0.2, 0.25) is 4.44 Å². The molecule has 3 aromatic rings. The van der Waals surface area contributed by atoms with Crippen LogP contribution in [-0.4, -0.2) is 19.6 Å². The van der Waals surface area contributed by atoms with E-state index in [4.69, 9.17) is 9.22 Å². The van der Waals surface area contributed by atoms with Crippen molar-refractivity contribution >= 4 is 19.6 Å². The number of para-hydroxylation sites is 3. The number of benzene rings is 3. The van der Waals surface area contributed by atoms with Crippen LogP contribution in [0.15, 0.2) is 91.0 Å². The van der Waals surface area contributed by atoms with Gasteiger partial charge in [-0.15, -0.1) is 0 Å². The maximum absolute atomic E-state index is 6.60. The van der Waals surface area contributed by atoms with Gasteiger partial charge >= 0.3 is 187 Å². The van der Waals surface area contributed by atoms with Crippen LogP contribution >= 0.6 is 0 Å². The van der Waals surface area contributed by atoms with Crippen molar-refractivity contribution < 1.29 is 9.22 Å². The van der Waals surface area contributed by atoms with Gasteiger partial charge < -0.3 is 0 Å². The third kappa shape index (κ3) is 7.60. The summed E-state index contributed by atoms with van der Waals surface area (Å²) in [5.41, 5.74) is 0. The summed E-state index contributed by atoms with van der Waals surface area (Å²) < 4.78 is 20.6. The number of hydrogen-bond donors (Lipinski definition) is 0. The first-order valence-electron chi connectivity index (χ1n) is 11.0. The van der Waals surface area contributed by atoms with Crippen LogP contribution in [0.25, 0.3) is 0 Å². The van der Waals surface area contributed by atoms with Crippen LogP contribution in [0.1, 0.15) is 45.4 Å². The second kappa shape index (κ2) is 12.5. The van der Waals surface area contributed by atoms with Crippen LogP contribution in [0.4, 0.5) is 0 Å². The summed E-state index contributed by atoms with van der Waals surface area (Å²) in [5.74, 6) is 2.43. The predicted octanol–water partition coefficient (Wildman–Crippen LogP) is 7.52. The van der Waals surface area contributed by atoms with E-state index in [1.165, 1.54) is 32.1 Å². The van der Waals surface area contributed by atoms with Gasteiger partial charge in [0.1, 0.15) is 0 Å². The van der Waals surface area contributed by atoms with E-state index in [1.54, 1.807) is 0 Å². The molecule has 0 aliphatic carbocycles. The molecule has 3 nitrogen and oxygen atoms in total. The molecule has 0 N–H and O–H groups in total. The second-order valence-electron chi connectivity index (χ2n) is 7.45. The summed E-state index contributed by atoms with van der Waals surface area (Å²) in [6, 6.07) is 29.8. The molecule has 0 saturated carbocycles. The Hall–Kier alpha value is -2.14. The molecule has 0 spiro atoms. The molecular weight excluding hydrogens is 479 g/mol. The van der Waals surface area contributed by atoms with Gasteiger partial charge in [-0.3, -0.25) is 0 Å². The molecule has 0 aromatic heterocycles. The Morgan fingerprint density at radius 3 is 1.27 bits per heavy atom. The zero-order chi connectivity index (χ0) is 20.9. The fraction of sp³-hybridized carbons (Fsp3) is 0.308. The van der Waals surface area contributed by atoms with Gasteiger partial charge in [-0.25, -0.2) is 0 Å².